The normalized spacial score (nSPS) is 27.1. The predicted octanol–water partition coefficient (Wildman–Crippen LogP) is 3.72. The highest BCUT2D eigenvalue weighted by molar-refractivity contribution is 5.93. The van der Waals surface area contributed by atoms with Gasteiger partial charge >= 0.3 is 0 Å². The molecule has 1 aliphatic carbocycles. The zero-order chi connectivity index (χ0) is 14.0. The van der Waals surface area contributed by atoms with Gasteiger partial charge in [0, 0.05) is 13.0 Å². The number of carbonyl (C=O) groups excluding carboxylic acids is 1. The van der Waals surface area contributed by atoms with Gasteiger partial charge in [-0.3, -0.25) is 9.69 Å². The van der Waals surface area contributed by atoms with Gasteiger partial charge in [0.25, 0.3) is 0 Å². The lowest BCUT2D eigenvalue weighted by Gasteiger charge is -2.41. The lowest BCUT2D eigenvalue weighted by Crippen LogP contribution is -2.52. The van der Waals surface area contributed by atoms with Crippen molar-refractivity contribution in [1.82, 2.24) is 4.90 Å². The molecule has 0 bridgehead atoms. The monoisotopic (exact) mass is 269 g/mol. The molecule has 1 atom stereocenters. The fraction of sp³-hybridized carbons (Fsp3) is 0.500. The molecule has 1 heterocycles. The van der Waals surface area contributed by atoms with Crippen LogP contribution in [0.4, 0.5) is 0 Å². The second kappa shape index (κ2) is 5.53. The Hall–Kier alpha value is -1.41. The van der Waals surface area contributed by atoms with Crippen molar-refractivity contribution in [3.8, 4) is 0 Å². The smallest absolute Gasteiger partial charge is 0.157 e. The number of rotatable bonds is 3. The molecule has 0 amide bonds. The van der Waals surface area contributed by atoms with E-state index in [1.807, 2.05) is 6.07 Å². The summed E-state index contributed by atoms with van der Waals surface area (Å²) in [5.41, 5.74) is 2.40. The van der Waals surface area contributed by atoms with Crippen LogP contribution >= 0.6 is 0 Å². The third kappa shape index (κ3) is 2.12. The van der Waals surface area contributed by atoms with Crippen molar-refractivity contribution < 1.29 is 4.79 Å². The second-order valence-corrected chi connectivity index (χ2v) is 5.92. The summed E-state index contributed by atoms with van der Waals surface area (Å²) in [6.07, 6.45) is 7.12. The van der Waals surface area contributed by atoms with Crippen LogP contribution in [-0.2, 0) is 11.3 Å². The summed E-state index contributed by atoms with van der Waals surface area (Å²) in [5, 5.41) is 0. The Morgan fingerprint density at radius 1 is 1.25 bits per heavy atom. The maximum Gasteiger partial charge on any atom is 0.157 e. The number of ketones is 1. The number of carbonyl (C=O) groups is 1. The maximum absolute atomic E-state index is 12.7. The average molecular weight is 269 g/mol. The highest BCUT2D eigenvalue weighted by Crippen LogP contribution is 2.42. The molecule has 20 heavy (non-hydrogen) atoms. The van der Waals surface area contributed by atoms with Crippen molar-refractivity contribution in [2.24, 2.45) is 0 Å². The van der Waals surface area contributed by atoms with E-state index in [0.29, 0.717) is 5.78 Å². The van der Waals surface area contributed by atoms with Gasteiger partial charge in [-0.05, 0) is 43.4 Å². The first-order valence-electron chi connectivity index (χ1n) is 7.79. The first kappa shape index (κ1) is 13.6. The molecule has 1 aliphatic heterocycles. The molecule has 0 N–H and O–H groups in total. The van der Waals surface area contributed by atoms with Gasteiger partial charge in [0.05, 0.1) is 0 Å². The van der Waals surface area contributed by atoms with E-state index < -0.39 is 0 Å². The highest BCUT2D eigenvalue weighted by atomic mass is 16.1. The zero-order valence-corrected chi connectivity index (χ0v) is 12.3. The van der Waals surface area contributed by atoms with Crippen molar-refractivity contribution in [2.75, 3.05) is 6.54 Å². The van der Waals surface area contributed by atoms with Crippen molar-refractivity contribution >= 4 is 5.78 Å². The lowest BCUT2D eigenvalue weighted by molar-refractivity contribution is -0.128. The Morgan fingerprint density at radius 2 is 2.05 bits per heavy atom. The van der Waals surface area contributed by atoms with Crippen molar-refractivity contribution in [1.29, 1.82) is 0 Å². The van der Waals surface area contributed by atoms with Gasteiger partial charge in [-0.15, -0.1) is 0 Å². The molecule has 0 aromatic heterocycles. The highest BCUT2D eigenvalue weighted by Gasteiger charge is 2.49. The topological polar surface area (TPSA) is 20.3 Å². The second-order valence-electron chi connectivity index (χ2n) is 5.92. The standard InChI is InChI=1S/C18H23NO/c1-2-16-10-6-11-17(20)18(16)12-7-13-19(18)14-15-8-4-3-5-9-15/h3-5,8-10H,2,6-7,11-14H2,1H3. The van der Waals surface area contributed by atoms with Gasteiger partial charge in [0.15, 0.2) is 5.78 Å². The van der Waals surface area contributed by atoms with E-state index >= 15 is 0 Å². The molecule has 106 valence electrons. The summed E-state index contributed by atoms with van der Waals surface area (Å²) in [6.45, 7) is 4.12. The number of hydrogen-bond donors (Lipinski definition) is 0. The Balaban J connectivity index is 1.92. The average Bonchev–Trinajstić information content (AvgIpc) is 2.88. The molecule has 2 aliphatic rings. The summed E-state index contributed by atoms with van der Waals surface area (Å²) in [4.78, 5) is 15.1. The molecule has 1 saturated heterocycles. The predicted molar refractivity (Wildman–Crippen MR) is 81.4 cm³/mol. The number of likely N-dealkylation sites (tertiary alicyclic amines) is 1. The summed E-state index contributed by atoms with van der Waals surface area (Å²) in [7, 11) is 0. The van der Waals surface area contributed by atoms with E-state index in [0.717, 1.165) is 45.2 Å². The van der Waals surface area contributed by atoms with Crippen LogP contribution in [0.3, 0.4) is 0 Å². The minimum Gasteiger partial charge on any atom is -0.297 e. The molecule has 3 rings (SSSR count). The summed E-state index contributed by atoms with van der Waals surface area (Å²) >= 11 is 0. The van der Waals surface area contributed by atoms with Gasteiger partial charge in [-0.2, -0.15) is 0 Å². The number of Topliss-reactive ketones (excluding diaryl/α,β-unsaturated/α-hetero) is 1. The zero-order valence-electron chi connectivity index (χ0n) is 12.3. The molecule has 1 spiro atoms. The maximum atomic E-state index is 12.7. The van der Waals surface area contributed by atoms with Crippen LogP contribution in [0.15, 0.2) is 42.0 Å². The van der Waals surface area contributed by atoms with Crippen molar-refractivity contribution in [3.05, 3.63) is 47.5 Å². The fourth-order valence-corrected chi connectivity index (χ4v) is 3.94. The van der Waals surface area contributed by atoms with E-state index in [4.69, 9.17) is 0 Å². The molecule has 2 heteroatoms. The Kier molecular flexibility index (Phi) is 3.75. The van der Waals surface area contributed by atoms with E-state index in [2.05, 4.69) is 42.2 Å². The summed E-state index contributed by atoms with van der Waals surface area (Å²) in [6, 6.07) is 10.5. The summed E-state index contributed by atoms with van der Waals surface area (Å²) < 4.78 is 0. The minimum absolute atomic E-state index is 0.275. The Labute approximate surface area is 121 Å². The Morgan fingerprint density at radius 3 is 2.80 bits per heavy atom. The van der Waals surface area contributed by atoms with Crippen LogP contribution in [0.2, 0.25) is 0 Å². The molecule has 1 unspecified atom stereocenters. The van der Waals surface area contributed by atoms with Gasteiger partial charge in [-0.25, -0.2) is 0 Å². The molecular weight excluding hydrogens is 246 g/mol. The van der Waals surface area contributed by atoms with E-state index in [1.54, 1.807) is 0 Å². The molecule has 2 nitrogen and oxygen atoms in total. The van der Waals surface area contributed by atoms with Crippen LogP contribution < -0.4 is 0 Å². The van der Waals surface area contributed by atoms with Gasteiger partial charge in [0.2, 0.25) is 0 Å². The third-order valence-corrected chi connectivity index (χ3v) is 4.86. The molecule has 1 aromatic rings. The van der Waals surface area contributed by atoms with Crippen LogP contribution in [0, 0.1) is 0 Å². The van der Waals surface area contributed by atoms with E-state index in [9.17, 15) is 4.79 Å². The SMILES string of the molecule is CCC1=CCCC(=O)C12CCCN2Cc1ccccc1. The number of benzene rings is 1. The minimum atomic E-state index is -0.275. The fourth-order valence-electron chi connectivity index (χ4n) is 3.94. The molecule has 1 fully saturated rings. The molecule has 1 aromatic carbocycles. The van der Waals surface area contributed by atoms with Gasteiger partial charge < -0.3 is 0 Å². The van der Waals surface area contributed by atoms with Crippen LogP contribution in [0.1, 0.15) is 44.6 Å². The quantitative estimate of drug-likeness (QED) is 0.779. The van der Waals surface area contributed by atoms with E-state index in [-0.39, 0.29) is 5.54 Å². The molecule has 0 radical (unpaired) electrons. The van der Waals surface area contributed by atoms with Crippen LogP contribution in [0.25, 0.3) is 0 Å². The summed E-state index contributed by atoms with van der Waals surface area (Å²) in [5.74, 6) is 0.449. The molecule has 0 saturated carbocycles. The largest absolute Gasteiger partial charge is 0.297 e. The lowest BCUT2D eigenvalue weighted by atomic mass is 9.75. The number of allylic oxidation sites excluding steroid dienone is 1. The first-order valence-corrected chi connectivity index (χ1v) is 7.79. The first-order chi connectivity index (χ1) is 9.77. The van der Waals surface area contributed by atoms with Gasteiger partial charge in [-0.1, -0.05) is 43.3 Å². The van der Waals surface area contributed by atoms with Gasteiger partial charge in [0.1, 0.15) is 5.54 Å². The Bertz CT molecular complexity index is 519. The van der Waals surface area contributed by atoms with Crippen LogP contribution in [0.5, 0.6) is 0 Å². The molecular formula is C18H23NO. The number of nitrogens with zero attached hydrogens (tertiary/aromatic N) is 1. The van der Waals surface area contributed by atoms with Crippen molar-refractivity contribution in [2.45, 2.75) is 51.1 Å². The third-order valence-electron chi connectivity index (χ3n) is 4.86. The van der Waals surface area contributed by atoms with E-state index in [1.165, 1.54) is 11.1 Å². The number of hydrogen-bond acceptors (Lipinski definition) is 2. The van der Waals surface area contributed by atoms with Crippen LogP contribution in [-0.4, -0.2) is 22.8 Å². The van der Waals surface area contributed by atoms with Crippen molar-refractivity contribution in [3.63, 3.8) is 0 Å².